The molecule has 1 unspecified atom stereocenters. The first-order chi connectivity index (χ1) is 14.4. The second-order valence-corrected chi connectivity index (χ2v) is 8.27. The Balaban J connectivity index is 1.66. The van der Waals surface area contributed by atoms with Crippen molar-refractivity contribution in [1.29, 1.82) is 0 Å². The number of benzene rings is 2. The van der Waals surface area contributed by atoms with Crippen LogP contribution in [0.15, 0.2) is 48.5 Å². The predicted molar refractivity (Wildman–Crippen MR) is 108 cm³/mol. The third-order valence-electron chi connectivity index (χ3n) is 6.53. The smallest absolute Gasteiger partial charge is 0.335 e. The average molecular weight is 409 g/mol. The van der Waals surface area contributed by atoms with Gasteiger partial charge in [0, 0.05) is 12.1 Å². The van der Waals surface area contributed by atoms with E-state index in [9.17, 15) is 18.8 Å². The fraction of sp³-hybridized carbons (Fsp3) is 0.318. The molecule has 0 radical (unpaired) electrons. The molecule has 2 N–H and O–H groups in total. The molecule has 0 aliphatic carbocycles. The Morgan fingerprint density at radius 3 is 2.60 bits per heavy atom. The zero-order chi connectivity index (χ0) is 21.0. The number of hydrogen-bond acceptors (Lipinski definition) is 4. The lowest BCUT2D eigenvalue weighted by atomic mass is 9.67. The van der Waals surface area contributed by atoms with Crippen molar-refractivity contribution in [2.24, 2.45) is 5.41 Å². The molecule has 5 rings (SSSR count). The number of amides is 4. The van der Waals surface area contributed by atoms with Crippen LogP contribution >= 0.6 is 0 Å². The second-order valence-electron chi connectivity index (χ2n) is 8.27. The molecule has 7 nitrogen and oxygen atoms in total. The van der Waals surface area contributed by atoms with Crippen molar-refractivity contribution in [1.82, 2.24) is 5.32 Å². The maximum atomic E-state index is 13.9. The van der Waals surface area contributed by atoms with Gasteiger partial charge in [0.1, 0.15) is 11.9 Å². The maximum Gasteiger partial charge on any atom is 0.335 e. The summed E-state index contributed by atoms with van der Waals surface area (Å²) in [5.74, 6) is -1.58. The quantitative estimate of drug-likeness (QED) is 0.667. The topological polar surface area (TPSA) is 74.2 Å². The highest BCUT2D eigenvalue weighted by Crippen LogP contribution is 2.45. The molecule has 8 heteroatoms. The number of anilines is 2. The normalized spacial score (nSPS) is 28.3. The van der Waals surface area contributed by atoms with Crippen LogP contribution in [0, 0.1) is 11.2 Å². The molecule has 0 saturated carbocycles. The van der Waals surface area contributed by atoms with Crippen molar-refractivity contribution in [2.45, 2.75) is 12.5 Å². The lowest BCUT2D eigenvalue weighted by Crippen LogP contribution is -3.14. The monoisotopic (exact) mass is 409 g/mol. The predicted octanol–water partition coefficient (Wildman–Crippen LogP) is 0.355. The molecule has 0 aromatic heterocycles. The van der Waals surface area contributed by atoms with Gasteiger partial charge in [-0.2, -0.15) is 0 Å². The zero-order valence-electron chi connectivity index (χ0n) is 16.5. The van der Waals surface area contributed by atoms with Crippen LogP contribution in [0.5, 0.6) is 0 Å². The van der Waals surface area contributed by atoms with Crippen LogP contribution in [0.25, 0.3) is 0 Å². The molecule has 3 atom stereocenters. The molecule has 3 aliphatic rings. The number of nitrogens with zero attached hydrogens (tertiary/aromatic N) is 2. The van der Waals surface area contributed by atoms with Crippen LogP contribution in [-0.4, -0.2) is 50.6 Å². The zero-order valence-corrected chi connectivity index (χ0v) is 16.5. The molecule has 30 heavy (non-hydrogen) atoms. The number of fused-ring (bicyclic) bond motifs is 4. The van der Waals surface area contributed by atoms with E-state index in [1.165, 1.54) is 29.2 Å². The van der Waals surface area contributed by atoms with Crippen molar-refractivity contribution in [2.75, 3.05) is 36.5 Å². The van der Waals surface area contributed by atoms with Gasteiger partial charge in [-0.25, -0.2) is 14.1 Å². The number of nitrogens with one attached hydrogen (secondary N) is 2. The van der Waals surface area contributed by atoms with Gasteiger partial charge in [-0.1, -0.05) is 18.2 Å². The van der Waals surface area contributed by atoms with E-state index in [4.69, 9.17) is 0 Å². The molecule has 4 amide bonds. The van der Waals surface area contributed by atoms with Crippen LogP contribution < -0.4 is 20.0 Å². The Bertz CT molecular complexity index is 1060. The van der Waals surface area contributed by atoms with Gasteiger partial charge < -0.3 is 9.80 Å². The van der Waals surface area contributed by atoms with Crippen LogP contribution in [0.4, 0.5) is 20.6 Å². The number of barbiturate groups is 1. The standard InChI is InChI=1S/C22H21FN4O3/c1-25-10-11-26-17-5-3-2-4-14(17)12-22(18(26)13-25)19(28)24-21(30)27(20(22)29)16-8-6-15(23)7-9-16/h2-9,18H,10-13H2,1H3,(H,24,28,30)/p+1/t18-,22+/m0/s1. The number of quaternary nitrogens is 1. The summed E-state index contributed by atoms with van der Waals surface area (Å²) in [7, 11) is 2.04. The fourth-order valence-corrected chi connectivity index (χ4v) is 5.02. The van der Waals surface area contributed by atoms with Gasteiger partial charge in [-0.05, 0) is 35.9 Å². The summed E-state index contributed by atoms with van der Waals surface area (Å²) < 4.78 is 13.4. The van der Waals surface area contributed by atoms with E-state index in [0.717, 1.165) is 22.7 Å². The van der Waals surface area contributed by atoms with Gasteiger partial charge in [-0.15, -0.1) is 0 Å². The van der Waals surface area contributed by atoms with Gasteiger partial charge in [0.2, 0.25) is 5.91 Å². The van der Waals surface area contributed by atoms with E-state index < -0.39 is 29.1 Å². The summed E-state index contributed by atoms with van der Waals surface area (Å²) in [6.07, 6.45) is 0.216. The molecule has 2 aromatic rings. The molecule has 154 valence electrons. The Morgan fingerprint density at radius 1 is 1.10 bits per heavy atom. The Morgan fingerprint density at radius 2 is 1.83 bits per heavy atom. The van der Waals surface area contributed by atoms with Crippen LogP contribution in [-0.2, 0) is 16.0 Å². The number of carbonyl (C=O) groups excluding carboxylic acids is 3. The first kappa shape index (κ1) is 18.7. The molecule has 2 saturated heterocycles. The van der Waals surface area contributed by atoms with Gasteiger partial charge >= 0.3 is 6.03 Å². The number of imide groups is 2. The number of likely N-dealkylation sites (N-methyl/N-ethyl adjacent to an activating group) is 1. The van der Waals surface area contributed by atoms with Crippen LogP contribution in [0.2, 0.25) is 0 Å². The highest BCUT2D eigenvalue weighted by atomic mass is 19.1. The molecular formula is C22H22FN4O3+. The summed E-state index contributed by atoms with van der Waals surface area (Å²) in [4.78, 5) is 44.2. The Kier molecular flexibility index (Phi) is 4.14. The summed E-state index contributed by atoms with van der Waals surface area (Å²) in [5, 5.41) is 2.41. The first-order valence-electron chi connectivity index (χ1n) is 10.0. The summed E-state index contributed by atoms with van der Waals surface area (Å²) in [6, 6.07) is 11.8. The van der Waals surface area contributed by atoms with E-state index in [0.29, 0.717) is 13.1 Å². The molecule has 3 aliphatic heterocycles. The van der Waals surface area contributed by atoms with E-state index >= 15 is 0 Å². The summed E-state index contributed by atoms with van der Waals surface area (Å²) in [5.41, 5.74) is 0.752. The average Bonchev–Trinajstić information content (AvgIpc) is 2.73. The minimum Gasteiger partial charge on any atom is -0.355 e. The van der Waals surface area contributed by atoms with E-state index in [-0.39, 0.29) is 18.2 Å². The van der Waals surface area contributed by atoms with E-state index in [2.05, 4.69) is 10.2 Å². The fourth-order valence-electron chi connectivity index (χ4n) is 5.02. The number of carbonyl (C=O) groups is 3. The third kappa shape index (κ3) is 2.56. The van der Waals surface area contributed by atoms with Crippen LogP contribution in [0.3, 0.4) is 0 Å². The van der Waals surface area contributed by atoms with Crippen molar-refractivity contribution < 1.29 is 23.7 Å². The SMILES string of the molecule is C[NH+]1CCN2c3ccccc3C[C@]3(C(=O)NC(=O)N(c4ccc(F)cc4)C3=O)[C@@H]2C1. The Labute approximate surface area is 173 Å². The highest BCUT2D eigenvalue weighted by molar-refractivity contribution is 6.30. The van der Waals surface area contributed by atoms with Crippen molar-refractivity contribution >= 4 is 29.2 Å². The summed E-state index contributed by atoms with van der Waals surface area (Å²) >= 11 is 0. The van der Waals surface area contributed by atoms with Gasteiger partial charge in [-0.3, -0.25) is 14.9 Å². The molecule has 2 fully saturated rings. The summed E-state index contributed by atoms with van der Waals surface area (Å²) in [6.45, 7) is 2.19. The minimum atomic E-state index is -1.43. The first-order valence-corrected chi connectivity index (χ1v) is 10.0. The largest absolute Gasteiger partial charge is 0.355 e. The number of rotatable bonds is 1. The molecule has 3 heterocycles. The third-order valence-corrected chi connectivity index (χ3v) is 6.53. The van der Waals surface area contributed by atoms with Crippen molar-refractivity contribution in [3.8, 4) is 0 Å². The number of piperazine rings is 1. The van der Waals surface area contributed by atoms with Gasteiger partial charge in [0.15, 0.2) is 5.41 Å². The van der Waals surface area contributed by atoms with E-state index in [1.54, 1.807) is 0 Å². The number of halogens is 1. The Hall–Kier alpha value is -3.26. The lowest BCUT2D eigenvalue weighted by molar-refractivity contribution is -0.883. The lowest BCUT2D eigenvalue weighted by Gasteiger charge is -2.53. The number of urea groups is 1. The molecule has 0 bridgehead atoms. The van der Waals surface area contributed by atoms with Crippen molar-refractivity contribution in [3.63, 3.8) is 0 Å². The molecule has 1 spiro atoms. The van der Waals surface area contributed by atoms with Crippen LogP contribution in [0.1, 0.15) is 5.56 Å². The molecular weight excluding hydrogens is 387 g/mol. The molecule has 2 aromatic carbocycles. The number of para-hydroxylation sites is 1. The van der Waals surface area contributed by atoms with Gasteiger partial charge in [0.05, 0.1) is 32.4 Å². The maximum absolute atomic E-state index is 13.9. The number of hydrogen-bond donors (Lipinski definition) is 2. The van der Waals surface area contributed by atoms with E-state index in [1.807, 2.05) is 31.3 Å². The highest BCUT2D eigenvalue weighted by Gasteiger charge is 2.63. The van der Waals surface area contributed by atoms with Crippen molar-refractivity contribution in [3.05, 3.63) is 59.9 Å². The second kappa shape index (κ2) is 6.63. The van der Waals surface area contributed by atoms with Gasteiger partial charge in [0.25, 0.3) is 5.91 Å². The minimum absolute atomic E-state index is 0.216.